The van der Waals surface area contributed by atoms with Gasteiger partial charge < -0.3 is 15.5 Å². The maximum absolute atomic E-state index is 11.1. The third-order valence-electron chi connectivity index (χ3n) is 5.73. The molecule has 1 aliphatic rings. The molecular formula is C21H22N6O5S2. The van der Waals surface area contributed by atoms with Crippen molar-refractivity contribution in [1.29, 1.82) is 0 Å². The third kappa shape index (κ3) is 4.66. The molecule has 3 heterocycles. The second kappa shape index (κ2) is 9.02. The van der Waals surface area contributed by atoms with Crippen molar-refractivity contribution in [3.63, 3.8) is 0 Å². The van der Waals surface area contributed by atoms with Gasteiger partial charge in [-0.3, -0.25) is 4.18 Å². The number of aromatic nitrogens is 4. The van der Waals surface area contributed by atoms with Gasteiger partial charge in [-0.15, -0.1) is 11.3 Å². The minimum absolute atomic E-state index is 0.267. The molecule has 1 aliphatic carbocycles. The molecule has 5 N–H and O–H groups in total. The summed E-state index contributed by atoms with van der Waals surface area (Å²) in [6.45, 7) is -0.319. The largest absolute Gasteiger partial charge is 0.390 e. The smallest absolute Gasteiger partial charge is 0.333 e. The van der Waals surface area contributed by atoms with Crippen LogP contribution in [0.4, 0.5) is 5.82 Å². The first kappa shape index (κ1) is 22.8. The normalized spacial score (nSPS) is 22.9. The van der Waals surface area contributed by atoms with Gasteiger partial charge in [-0.2, -0.15) is 18.0 Å². The van der Waals surface area contributed by atoms with E-state index in [1.807, 2.05) is 41.8 Å². The van der Waals surface area contributed by atoms with Crippen LogP contribution in [0.25, 0.3) is 27.6 Å². The second-order valence-corrected chi connectivity index (χ2v) is 10.1. The van der Waals surface area contributed by atoms with E-state index in [9.17, 15) is 18.6 Å². The first-order valence-corrected chi connectivity index (χ1v) is 12.8. The van der Waals surface area contributed by atoms with Gasteiger partial charge in [0.1, 0.15) is 22.6 Å². The summed E-state index contributed by atoms with van der Waals surface area (Å²) in [6, 6.07) is 12.8. The van der Waals surface area contributed by atoms with Crippen molar-refractivity contribution in [3.8, 4) is 22.0 Å². The van der Waals surface area contributed by atoms with E-state index in [-0.39, 0.29) is 13.0 Å². The Morgan fingerprint density at radius 1 is 1.18 bits per heavy atom. The van der Waals surface area contributed by atoms with E-state index in [1.54, 1.807) is 16.8 Å². The van der Waals surface area contributed by atoms with Crippen molar-refractivity contribution in [3.05, 3.63) is 54.0 Å². The molecule has 0 radical (unpaired) electrons. The molecular weight excluding hydrogens is 480 g/mol. The third-order valence-corrected chi connectivity index (χ3v) is 7.06. The summed E-state index contributed by atoms with van der Waals surface area (Å²) in [6.07, 6.45) is -0.432. The number of nitrogens with two attached hydrogens (primary N) is 1. The summed E-state index contributed by atoms with van der Waals surface area (Å²) in [7, 11) is -4.14. The first-order chi connectivity index (χ1) is 16.3. The maximum Gasteiger partial charge on any atom is 0.333 e. The van der Waals surface area contributed by atoms with Gasteiger partial charge in [-0.1, -0.05) is 30.3 Å². The number of aliphatic hydroxyl groups is 2. The van der Waals surface area contributed by atoms with Crippen molar-refractivity contribution >= 4 is 33.1 Å². The highest BCUT2D eigenvalue weighted by atomic mass is 32.2. The minimum Gasteiger partial charge on any atom is -0.390 e. The lowest BCUT2D eigenvalue weighted by Crippen LogP contribution is -2.36. The Balaban J connectivity index is 1.37. The van der Waals surface area contributed by atoms with Crippen LogP contribution in [0, 0.1) is 5.92 Å². The van der Waals surface area contributed by atoms with E-state index in [1.165, 1.54) is 11.3 Å². The molecule has 0 aliphatic heterocycles. The van der Waals surface area contributed by atoms with Gasteiger partial charge in [-0.25, -0.2) is 15.1 Å². The molecule has 0 saturated heterocycles. The van der Waals surface area contributed by atoms with Gasteiger partial charge in [0.2, 0.25) is 0 Å². The average molecular weight is 503 g/mol. The molecule has 0 unspecified atom stereocenters. The van der Waals surface area contributed by atoms with Crippen molar-refractivity contribution in [2.45, 2.75) is 24.7 Å². The molecule has 0 amide bonds. The van der Waals surface area contributed by atoms with Gasteiger partial charge in [0.25, 0.3) is 0 Å². The molecule has 1 fully saturated rings. The number of fused-ring (bicyclic) bond motifs is 1. The number of rotatable bonds is 7. The number of aliphatic hydroxyl groups excluding tert-OH is 2. The number of anilines is 1. The Morgan fingerprint density at radius 2 is 1.97 bits per heavy atom. The predicted molar refractivity (Wildman–Crippen MR) is 126 cm³/mol. The summed E-state index contributed by atoms with van der Waals surface area (Å²) in [4.78, 5) is 9.06. The number of nitrogens with one attached hydrogen (secondary N) is 1. The van der Waals surface area contributed by atoms with Crippen LogP contribution in [0.2, 0.25) is 0 Å². The van der Waals surface area contributed by atoms with Crippen LogP contribution in [0.3, 0.4) is 0 Å². The molecule has 5 rings (SSSR count). The van der Waals surface area contributed by atoms with E-state index in [0.29, 0.717) is 17.2 Å². The Kier molecular flexibility index (Phi) is 6.06. The SMILES string of the molecule is NS(=O)(=O)OC[C@H]1C[C@@H](Nc2ccnc3cc(-c4nc(-c5ccccc5)cs4)nn23)[C@H](O)[C@@H]1O. The zero-order valence-corrected chi connectivity index (χ0v) is 19.4. The average Bonchev–Trinajstić information content (AvgIpc) is 3.53. The summed E-state index contributed by atoms with van der Waals surface area (Å²) >= 11 is 1.48. The maximum atomic E-state index is 11.1. The molecule has 0 bridgehead atoms. The molecule has 1 aromatic carbocycles. The van der Waals surface area contributed by atoms with Gasteiger partial charge in [0, 0.05) is 29.1 Å². The number of benzene rings is 1. The van der Waals surface area contributed by atoms with Gasteiger partial charge >= 0.3 is 10.3 Å². The highest BCUT2D eigenvalue weighted by Gasteiger charge is 2.42. The summed E-state index contributed by atoms with van der Waals surface area (Å²) in [5, 5.41) is 36.2. The van der Waals surface area contributed by atoms with Gasteiger partial charge in [0.05, 0.1) is 24.4 Å². The zero-order chi connectivity index (χ0) is 23.9. The number of hydrogen-bond acceptors (Lipinski definition) is 10. The van der Waals surface area contributed by atoms with Crippen LogP contribution < -0.4 is 10.5 Å². The molecule has 178 valence electrons. The Bertz CT molecular complexity index is 1410. The predicted octanol–water partition coefficient (Wildman–Crippen LogP) is 1.26. The van der Waals surface area contributed by atoms with E-state index in [0.717, 1.165) is 16.3 Å². The van der Waals surface area contributed by atoms with Crippen LogP contribution in [0.1, 0.15) is 6.42 Å². The fourth-order valence-corrected chi connectivity index (χ4v) is 5.20. The van der Waals surface area contributed by atoms with Crippen LogP contribution in [-0.4, -0.2) is 63.1 Å². The van der Waals surface area contributed by atoms with Crippen molar-refractivity contribution in [2.75, 3.05) is 11.9 Å². The van der Waals surface area contributed by atoms with Crippen LogP contribution in [0.15, 0.2) is 54.0 Å². The molecule has 0 spiro atoms. The lowest BCUT2D eigenvalue weighted by atomic mass is 10.1. The Morgan fingerprint density at radius 3 is 2.74 bits per heavy atom. The minimum atomic E-state index is -4.14. The zero-order valence-electron chi connectivity index (χ0n) is 17.7. The fraction of sp³-hybridized carbons (Fsp3) is 0.286. The quantitative estimate of drug-likeness (QED) is 0.291. The summed E-state index contributed by atoms with van der Waals surface area (Å²) < 4.78 is 28.3. The van der Waals surface area contributed by atoms with Gasteiger partial charge in [0.15, 0.2) is 5.65 Å². The lowest BCUT2D eigenvalue weighted by Gasteiger charge is -2.19. The van der Waals surface area contributed by atoms with E-state index >= 15 is 0 Å². The Labute approximate surface area is 199 Å². The Hall–Kier alpha value is -2.94. The molecule has 4 atom stereocenters. The molecule has 3 aromatic heterocycles. The number of thiazole rings is 1. The van der Waals surface area contributed by atoms with Crippen molar-refractivity contribution in [2.24, 2.45) is 11.1 Å². The molecule has 1 saturated carbocycles. The van der Waals surface area contributed by atoms with Crippen LogP contribution >= 0.6 is 11.3 Å². The highest BCUT2D eigenvalue weighted by molar-refractivity contribution is 7.84. The van der Waals surface area contributed by atoms with Crippen LogP contribution in [0.5, 0.6) is 0 Å². The molecule has 13 heteroatoms. The topological polar surface area (TPSA) is 165 Å². The van der Waals surface area contributed by atoms with Crippen molar-refractivity contribution in [1.82, 2.24) is 19.6 Å². The molecule has 34 heavy (non-hydrogen) atoms. The monoisotopic (exact) mass is 502 g/mol. The van der Waals surface area contributed by atoms with Crippen molar-refractivity contribution < 1.29 is 22.8 Å². The number of nitrogens with zero attached hydrogens (tertiary/aromatic N) is 4. The van der Waals surface area contributed by atoms with E-state index < -0.39 is 34.5 Å². The lowest BCUT2D eigenvalue weighted by molar-refractivity contribution is 0.00777. The van der Waals surface area contributed by atoms with E-state index in [4.69, 9.17) is 10.1 Å². The van der Waals surface area contributed by atoms with Crippen LogP contribution in [-0.2, 0) is 14.5 Å². The number of hydrogen-bond donors (Lipinski definition) is 4. The highest BCUT2D eigenvalue weighted by Crippen LogP contribution is 2.31. The standard InChI is InChI=1S/C21H22N6O5S2/c22-34(30,31)32-10-13-8-14(20(29)19(13)28)24-17-6-7-23-18-9-15(26-27(17)18)21-25-16(11-33-21)12-4-2-1-3-5-12/h1-7,9,11,13-14,19-20,24,28-29H,8,10H2,(H2,22,30,31)/t13-,14-,19-,20+/m1/s1. The fourth-order valence-electron chi connectivity index (χ4n) is 4.05. The second-order valence-electron chi connectivity index (χ2n) is 8.04. The summed E-state index contributed by atoms with van der Waals surface area (Å²) in [5.41, 5.74) is 3.11. The van der Waals surface area contributed by atoms with E-state index in [2.05, 4.69) is 19.6 Å². The van der Waals surface area contributed by atoms with Gasteiger partial charge in [-0.05, 0) is 12.5 Å². The summed E-state index contributed by atoms with van der Waals surface area (Å²) in [5.74, 6) is -0.0524. The first-order valence-electron chi connectivity index (χ1n) is 10.4. The molecule has 11 nitrogen and oxygen atoms in total. The molecule has 4 aromatic rings.